The number of nitrogens with two attached hydrogens (primary N) is 1. The van der Waals surface area contributed by atoms with Gasteiger partial charge in [0.05, 0.1) is 17.6 Å². The van der Waals surface area contributed by atoms with E-state index in [4.69, 9.17) is 9.88 Å². The van der Waals surface area contributed by atoms with Crippen molar-refractivity contribution >= 4 is 15.9 Å². The normalized spacial score (nSPS) is 17.8. The number of benzene rings is 1. The summed E-state index contributed by atoms with van der Waals surface area (Å²) in [4.78, 5) is 14.2. The average Bonchev–Trinajstić information content (AvgIpc) is 2.76. The van der Waals surface area contributed by atoms with Crippen molar-refractivity contribution in [3.05, 3.63) is 23.8 Å². The van der Waals surface area contributed by atoms with Crippen LogP contribution in [0.25, 0.3) is 0 Å². The first-order valence-electron chi connectivity index (χ1n) is 6.64. The molecule has 0 bridgehead atoms. The summed E-state index contributed by atoms with van der Waals surface area (Å²) >= 11 is 0. The number of amides is 1. The van der Waals surface area contributed by atoms with E-state index in [1.165, 1.54) is 25.3 Å². The molecule has 1 heterocycles. The minimum Gasteiger partial charge on any atom is -0.496 e. The van der Waals surface area contributed by atoms with Crippen molar-refractivity contribution in [3.63, 3.8) is 0 Å². The zero-order valence-corrected chi connectivity index (χ0v) is 13.2. The van der Waals surface area contributed by atoms with Crippen molar-refractivity contribution in [3.8, 4) is 5.75 Å². The maximum absolute atomic E-state index is 12.6. The van der Waals surface area contributed by atoms with Crippen molar-refractivity contribution in [2.45, 2.75) is 25.2 Å². The molecule has 0 aliphatic carbocycles. The standard InChI is InChI=1S/C14H20N2O4S/c1-14(2)6-7-16(9-14)13(17)11-8-10(21(15,18)19)4-5-12(11)20-3/h4-5,8H,6-7,9H2,1-3H3,(H2,15,18,19). The van der Waals surface area contributed by atoms with Crippen LogP contribution in [0, 0.1) is 5.41 Å². The predicted molar refractivity (Wildman–Crippen MR) is 78.7 cm³/mol. The first-order valence-corrected chi connectivity index (χ1v) is 8.19. The Labute approximate surface area is 124 Å². The fourth-order valence-electron chi connectivity index (χ4n) is 2.49. The first-order chi connectivity index (χ1) is 9.64. The molecule has 1 aliphatic rings. The summed E-state index contributed by atoms with van der Waals surface area (Å²) in [5.41, 5.74) is 0.294. The second-order valence-electron chi connectivity index (χ2n) is 6.05. The van der Waals surface area contributed by atoms with Crippen LogP contribution >= 0.6 is 0 Å². The van der Waals surface area contributed by atoms with Gasteiger partial charge in [-0.25, -0.2) is 13.6 Å². The van der Waals surface area contributed by atoms with Crippen LogP contribution in [0.5, 0.6) is 5.75 Å². The Hall–Kier alpha value is -1.60. The van der Waals surface area contributed by atoms with Gasteiger partial charge in [0.1, 0.15) is 5.75 Å². The van der Waals surface area contributed by atoms with E-state index in [-0.39, 0.29) is 21.8 Å². The molecule has 21 heavy (non-hydrogen) atoms. The van der Waals surface area contributed by atoms with Crippen molar-refractivity contribution < 1.29 is 17.9 Å². The molecular weight excluding hydrogens is 292 g/mol. The average molecular weight is 312 g/mol. The number of nitrogens with zero attached hydrogens (tertiary/aromatic N) is 1. The van der Waals surface area contributed by atoms with Gasteiger partial charge >= 0.3 is 0 Å². The predicted octanol–water partition coefficient (Wildman–Crippen LogP) is 1.21. The van der Waals surface area contributed by atoms with Gasteiger partial charge in [-0.05, 0) is 30.0 Å². The van der Waals surface area contributed by atoms with Crippen molar-refractivity contribution in [2.24, 2.45) is 10.6 Å². The lowest BCUT2D eigenvalue weighted by molar-refractivity contribution is 0.0774. The monoisotopic (exact) mass is 312 g/mol. The van der Waals surface area contributed by atoms with Gasteiger partial charge < -0.3 is 9.64 Å². The Morgan fingerprint density at radius 3 is 2.52 bits per heavy atom. The van der Waals surface area contributed by atoms with Crippen LogP contribution in [0.3, 0.4) is 0 Å². The van der Waals surface area contributed by atoms with Gasteiger partial charge in [-0.15, -0.1) is 0 Å². The molecule has 0 aromatic heterocycles. The molecule has 2 rings (SSSR count). The maximum atomic E-state index is 12.6. The van der Waals surface area contributed by atoms with Crippen LogP contribution < -0.4 is 9.88 Å². The first kappa shape index (κ1) is 15.8. The summed E-state index contributed by atoms with van der Waals surface area (Å²) in [6.45, 7) is 5.47. The SMILES string of the molecule is COc1ccc(S(N)(=O)=O)cc1C(=O)N1CCC(C)(C)C1. The Kier molecular flexibility index (Phi) is 3.99. The smallest absolute Gasteiger partial charge is 0.257 e. The topological polar surface area (TPSA) is 89.7 Å². The van der Waals surface area contributed by atoms with Gasteiger partial charge in [-0.3, -0.25) is 4.79 Å². The van der Waals surface area contributed by atoms with Gasteiger partial charge in [-0.1, -0.05) is 13.8 Å². The second-order valence-corrected chi connectivity index (χ2v) is 7.61. The minimum absolute atomic E-state index is 0.0699. The van der Waals surface area contributed by atoms with Gasteiger partial charge in [-0.2, -0.15) is 0 Å². The number of likely N-dealkylation sites (tertiary alicyclic amines) is 1. The molecule has 6 nitrogen and oxygen atoms in total. The number of primary sulfonamides is 1. The van der Waals surface area contributed by atoms with E-state index in [0.29, 0.717) is 18.8 Å². The third-order valence-electron chi connectivity index (χ3n) is 3.69. The molecule has 0 unspecified atom stereocenters. The highest BCUT2D eigenvalue weighted by atomic mass is 32.2. The van der Waals surface area contributed by atoms with Gasteiger partial charge in [0.2, 0.25) is 10.0 Å². The zero-order chi connectivity index (χ0) is 15.8. The molecule has 116 valence electrons. The summed E-state index contributed by atoms with van der Waals surface area (Å²) in [6, 6.07) is 4.06. The molecule has 1 fully saturated rings. The van der Waals surface area contributed by atoms with Gasteiger partial charge in [0.15, 0.2) is 0 Å². The van der Waals surface area contributed by atoms with Crippen LogP contribution in [0.15, 0.2) is 23.1 Å². The molecule has 1 aromatic rings. The molecule has 0 saturated carbocycles. The molecular formula is C14H20N2O4S. The number of hydrogen-bond acceptors (Lipinski definition) is 4. The third-order valence-corrected chi connectivity index (χ3v) is 4.61. The number of carbonyl (C=O) groups excluding carboxylic acids is 1. The van der Waals surface area contributed by atoms with E-state index in [2.05, 4.69) is 13.8 Å². The largest absolute Gasteiger partial charge is 0.496 e. The highest BCUT2D eigenvalue weighted by Crippen LogP contribution is 2.31. The van der Waals surface area contributed by atoms with E-state index in [1.807, 2.05) is 0 Å². The lowest BCUT2D eigenvalue weighted by Crippen LogP contribution is -2.30. The molecule has 1 aromatic carbocycles. The number of ether oxygens (including phenoxy) is 1. The molecule has 1 saturated heterocycles. The van der Waals surface area contributed by atoms with E-state index < -0.39 is 10.0 Å². The number of sulfonamides is 1. The van der Waals surface area contributed by atoms with E-state index >= 15 is 0 Å². The number of carbonyl (C=O) groups is 1. The van der Waals surface area contributed by atoms with Gasteiger partial charge in [0, 0.05) is 13.1 Å². The minimum atomic E-state index is -3.86. The Balaban J connectivity index is 2.40. The van der Waals surface area contributed by atoms with Crippen LogP contribution in [-0.2, 0) is 10.0 Å². The van der Waals surface area contributed by atoms with Crippen LogP contribution in [0.4, 0.5) is 0 Å². The molecule has 7 heteroatoms. The third kappa shape index (κ3) is 3.36. The maximum Gasteiger partial charge on any atom is 0.257 e. The highest BCUT2D eigenvalue weighted by Gasteiger charge is 2.33. The fraction of sp³-hybridized carbons (Fsp3) is 0.500. The molecule has 0 spiro atoms. The van der Waals surface area contributed by atoms with Crippen molar-refractivity contribution in [1.82, 2.24) is 4.90 Å². The van der Waals surface area contributed by atoms with Crippen LogP contribution in [0.2, 0.25) is 0 Å². The fourth-order valence-corrected chi connectivity index (χ4v) is 3.03. The molecule has 2 N–H and O–H groups in total. The number of rotatable bonds is 3. The summed E-state index contributed by atoms with van der Waals surface area (Å²) in [5, 5.41) is 5.12. The van der Waals surface area contributed by atoms with E-state index in [1.54, 1.807) is 4.90 Å². The second kappa shape index (κ2) is 5.31. The quantitative estimate of drug-likeness (QED) is 0.908. The van der Waals surface area contributed by atoms with E-state index in [0.717, 1.165) is 6.42 Å². The van der Waals surface area contributed by atoms with Gasteiger partial charge in [0.25, 0.3) is 5.91 Å². The number of hydrogen-bond donors (Lipinski definition) is 1. The zero-order valence-electron chi connectivity index (χ0n) is 12.4. The van der Waals surface area contributed by atoms with Crippen LogP contribution in [-0.4, -0.2) is 39.4 Å². The summed E-state index contributed by atoms with van der Waals surface area (Å²) < 4.78 is 28.1. The lowest BCUT2D eigenvalue weighted by Gasteiger charge is -2.21. The van der Waals surface area contributed by atoms with E-state index in [9.17, 15) is 13.2 Å². The highest BCUT2D eigenvalue weighted by molar-refractivity contribution is 7.89. The van der Waals surface area contributed by atoms with Crippen molar-refractivity contribution in [2.75, 3.05) is 20.2 Å². The molecule has 1 aliphatic heterocycles. The summed E-state index contributed by atoms with van der Waals surface area (Å²) in [6.07, 6.45) is 0.913. The summed E-state index contributed by atoms with van der Waals surface area (Å²) in [5.74, 6) is 0.111. The number of methoxy groups -OCH3 is 1. The Morgan fingerprint density at radius 1 is 1.38 bits per heavy atom. The Bertz CT molecular complexity index is 668. The molecule has 0 radical (unpaired) electrons. The lowest BCUT2D eigenvalue weighted by atomic mass is 9.93. The Morgan fingerprint density at radius 2 is 2.05 bits per heavy atom. The van der Waals surface area contributed by atoms with Crippen molar-refractivity contribution in [1.29, 1.82) is 0 Å². The summed E-state index contributed by atoms with van der Waals surface area (Å²) in [7, 11) is -2.42. The van der Waals surface area contributed by atoms with Crippen LogP contribution in [0.1, 0.15) is 30.6 Å². The molecule has 0 atom stereocenters. The molecule has 1 amide bonds.